The van der Waals surface area contributed by atoms with Crippen molar-refractivity contribution < 1.29 is 0 Å². The summed E-state index contributed by atoms with van der Waals surface area (Å²) in [5, 5.41) is 0. The number of thiophene rings is 1. The van der Waals surface area contributed by atoms with Crippen LogP contribution in [0.15, 0.2) is 12.1 Å². The molecule has 0 saturated carbocycles. The molecule has 0 aliphatic rings. The second kappa shape index (κ2) is 7.27. The molecule has 2 N–H and O–H groups in total. The normalized spacial score (nSPS) is 15.3. The van der Waals surface area contributed by atoms with Crippen LogP contribution < -0.4 is 5.73 Å². The van der Waals surface area contributed by atoms with Gasteiger partial charge in [0.25, 0.3) is 0 Å². The van der Waals surface area contributed by atoms with E-state index >= 15 is 0 Å². The zero-order valence-corrected chi connectivity index (χ0v) is 13.3. The van der Waals surface area contributed by atoms with E-state index in [1.54, 1.807) is 0 Å². The quantitative estimate of drug-likeness (QED) is 0.811. The minimum Gasteiger partial charge on any atom is -0.326 e. The minimum absolute atomic E-state index is 0.219. The fraction of sp³-hybridized carbons (Fsp3) is 0.733. The van der Waals surface area contributed by atoms with Gasteiger partial charge in [-0.1, -0.05) is 13.8 Å². The van der Waals surface area contributed by atoms with Crippen molar-refractivity contribution in [1.29, 1.82) is 0 Å². The van der Waals surface area contributed by atoms with Gasteiger partial charge in [0.1, 0.15) is 0 Å². The molecule has 2 atom stereocenters. The largest absolute Gasteiger partial charge is 0.326 e. The molecule has 1 heterocycles. The maximum Gasteiger partial charge on any atom is 0.0595 e. The molecular formula is C15H28N2S. The highest BCUT2D eigenvalue weighted by Crippen LogP contribution is 2.32. The third kappa shape index (κ3) is 3.81. The summed E-state index contributed by atoms with van der Waals surface area (Å²) in [6.07, 6.45) is 2.20. The highest BCUT2D eigenvalue weighted by Gasteiger charge is 2.28. The molecule has 0 aliphatic heterocycles. The monoisotopic (exact) mass is 268 g/mol. The average Bonchev–Trinajstić information content (AvgIpc) is 2.74. The fourth-order valence-corrected chi connectivity index (χ4v) is 3.51. The Hall–Kier alpha value is -0.380. The van der Waals surface area contributed by atoms with Crippen LogP contribution in [0.1, 0.15) is 56.3 Å². The van der Waals surface area contributed by atoms with Crippen LogP contribution in [0, 0.1) is 6.92 Å². The van der Waals surface area contributed by atoms with Crippen LogP contribution in [0.25, 0.3) is 0 Å². The van der Waals surface area contributed by atoms with Gasteiger partial charge in [0.05, 0.1) is 6.04 Å². The van der Waals surface area contributed by atoms with E-state index in [9.17, 15) is 0 Å². The Kier molecular flexibility index (Phi) is 6.33. The molecule has 0 fully saturated rings. The Balaban J connectivity index is 3.02. The van der Waals surface area contributed by atoms with E-state index in [0.29, 0.717) is 12.1 Å². The first-order valence-corrected chi connectivity index (χ1v) is 7.90. The Morgan fingerprint density at radius 1 is 1.28 bits per heavy atom. The summed E-state index contributed by atoms with van der Waals surface area (Å²) in [4.78, 5) is 5.35. The first kappa shape index (κ1) is 15.7. The van der Waals surface area contributed by atoms with Crippen LogP contribution in [-0.2, 0) is 0 Å². The van der Waals surface area contributed by atoms with Crippen molar-refractivity contribution in [3.05, 3.63) is 21.9 Å². The summed E-state index contributed by atoms with van der Waals surface area (Å²) in [6.45, 7) is 12.2. The molecule has 1 aromatic heterocycles. The van der Waals surface area contributed by atoms with E-state index < -0.39 is 0 Å². The fourth-order valence-electron chi connectivity index (χ4n) is 2.43. The van der Waals surface area contributed by atoms with Crippen molar-refractivity contribution in [2.45, 2.75) is 65.6 Å². The third-order valence-electron chi connectivity index (χ3n) is 3.43. The molecule has 0 aromatic carbocycles. The summed E-state index contributed by atoms with van der Waals surface area (Å²) in [6, 6.07) is 5.59. The smallest absolute Gasteiger partial charge is 0.0595 e. The van der Waals surface area contributed by atoms with Crippen LogP contribution >= 0.6 is 11.3 Å². The molecule has 0 spiro atoms. The summed E-state index contributed by atoms with van der Waals surface area (Å²) in [5.41, 5.74) is 6.39. The summed E-state index contributed by atoms with van der Waals surface area (Å²) >= 11 is 1.89. The van der Waals surface area contributed by atoms with Gasteiger partial charge < -0.3 is 5.73 Å². The summed E-state index contributed by atoms with van der Waals surface area (Å²) < 4.78 is 0. The molecular weight excluding hydrogens is 240 g/mol. The molecule has 0 saturated heterocycles. The molecule has 1 rings (SSSR count). The number of rotatable bonds is 7. The molecule has 2 nitrogen and oxygen atoms in total. The van der Waals surface area contributed by atoms with Crippen molar-refractivity contribution in [1.82, 2.24) is 4.90 Å². The lowest BCUT2D eigenvalue weighted by atomic mass is 10.0. The van der Waals surface area contributed by atoms with Gasteiger partial charge in [-0.25, -0.2) is 0 Å². The van der Waals surface area contributed by atoms with Gasteiger partial charge in [-0.15, -0.1) is 11.3 Å². The van der Waals surface area contributed by atoms with Crippen molar-refractivity contribution in [2.24, 2.45) is 5.73 Å². The SMILES string of the molecule is CCCN(C(C)C)C(c1ccc(C)s1)C(N)CC. The molecule has 3 heteroatoms. The second-order valence-corrected chi connectivity index (χ2v) is 6.62. The van der Waals surface area contributed by atoms with Gasteiger partial charge in [0, 0.05) is 21.8 Å². The molecule has 0 amide bonds. The van der Waals surface area contributed by atoms with Crippen LogP contribution in [0.4, 0.5) is 0 Å². The Morgan fingerprint density at radius 2 is 1.94 bits per heavy atom. The lowest BCUT2D eigenvalue weighted by molar-refractivity contribution is 0.132. The molecule has 0 aliphatic carbocycles. The lowest BCUT2D eigenvalue weighted by Crippen LogP contribution is -2.44. The van der Waals surface area contributed by atoms with Crippen molar-refractivity contribution >= 4 is 11.3 Å². The lowest BCUT2D eigenvalue weighted by Gasteiger charge is -2.37. The molecule has 0 bridgehead atoms. The van der Waals surface area contributed by atoms with Crippen LogP contribution in [0.3, 0.4) is 0 Å². The maximum absolute atomic E-state index is 6.39. The first-order valence-electron chi connectivity index (χ1n) is 7.08. The van der Waals surface area contributed by atoms with Crippen molar-refractivity contribution in [3.63, 3.8) is 0 Å². The standard InChI is InChI=1S/C15H28N2S/c1-6-10-17(11(3)4)15(13(16)7-2)14-9-8-12(5)18-14/h8-9,11,13,15H,6-7,10,16H2,1-5H3. The van der Waals surface area contributed by atoms with Gasteiger partial charge in [0.2, 0.25) is 0 Å². The molecule has 18 heavy (non-hydrogen) atoms. The van der Waals surface area contributed by atoms with E-state index in [4.69, 9.17) is 5.73 Å². The van der Waals surface area contributed by atoms with Crippen LogP contribution in [0.2, 0.25) is 0 Å². The molecule has 104 valence electrons. The number of aryl methyl sites for hydroxylation is 1. The summed E-state index contributed by atoms with van der Waals surface area (Å²) in [5.74, 6) is 0. The Labute approximate surface area is 116 Å². The topological polar surface area (TPSA) is 29.3 Å². The highest BCUT2D eigenvalue weighted by molar-refractivity contribution is 7.12. The minimum atomic E-state index is 0.219. The van der Waals surface area contributed by atoms with E-state index in [1.165, 1.54) is 16.2 Å². The predicted molar refractivity (Wildman–Crippen MR) is 82.2 cm³/mol. The average molecular weight is 268 g/mol. The van der Waals surface area contributed by atoms with Gasteiger partial charge in [0.15, 0.2) is 0 Å². The van der Waals surface area contributed by atoms with E-state index in [2.05, 4.69) is 51.7 Å². The number of hydrogen-bond acceptors (Lipinski definition) is 3. The maximum atomic E-state index is 6.39. The molecule has 0 radical (unpaired) electrons. The first-order chi connectivity index (χ1) is 8.51. The number of hydrogen-bond donors (Lipinski definition) is 1. The Bertz CT molecular complexity index is 346. The van der Waals surface area contributed by atoms with Crippen molar-refractivity contribution in [2.75, 3.05) is 6.54 Å². The molecule has 2 unspecified atom stereocenters. The van der Waals surface area contributed by atoms with E-state index in [-0.39, 0.29) is 6.04 Å². The van der Waals surface area contributed by atoms with Crippen molar-refractivity contribution in [3.8, 4) is 0 Å². The number of nitrogens with two attached hydrogens (primary N) is 1. The second-order valence-electron chi connectivity index (χ2n) is 5.30. The highest BCUT2D eigenvalue weighted by atomic mass is 32.1. The Morgan fingerprint density at radius 3 is 2.33 bits per heavy atom. The van der Waals surface area contributed by atoms with E-state index in [0.717, 1.165) is 13.0 Å². The number of nitrogens with zero attached hydrogens (tertiary/aromatic N) is 1. The van der Waals surface area contributed by atoms with Gasteiger partial charge in [-0.2, -0.15) is 0 Å². The van der Waals surface area contributed by atoms with Crippen LogP contribution in [-0.4, -0.2) is 23.5 Å². The van der Waals surface area contributed by atoms with Gasteiger partial charge >= 0.3 is 0 Å². The van der Waals surface area contributed by atoms with Gasteiger partial charge in [-0.3, -0.25) is 4.90 Å². The summed E-state index contributed by atoms with van der Waals surface area (Å²) in [7, 11) is 0. The predicted octanol–water partition coefficient (Wildman–Crippen LogP) is 3.96. The zero-order valence-electron chi connectivity index (χ0n) is 12.4. The van der Waals surface area contributed by atoms with E-state index in [1.807, 2.05) is 11.3 Å². The zero-order chi connectivity index (χ0) is 13.7. The van der Waals surface area contributed by atoms with Gasteiger partial charge in [-0.05, 0) is 52.3 Å². The molecule has 1 aromatic rings. The van der Waals surface area contributed by atoms with Crippen LogP contribution in [0.5, 0.6) is 0 Å². The third-order valence-corrected chi connectivity index (χ3v) is 4.50.